The average molecular weight is 386 g/mol. The van der Waals surface area contributed by atoms with Crippen molar-refractivity contribution in [3.8, 4) is 0 Å². The van der Waals surface area contributed by atoms with Crippen LogP contribution in [-0.2, 0) is 11.3 Å². The summed E-state index contributed by atoms with van der Waals surface area (Å²) in [6, 6.07) is 8.78. The standard InChI is InChI=1S/C22H24F2N2O2/c1-14-7-8-25(21(27)9-14)12-22(2,28)13-26-19-5-3-15(23)10-17(19)18-11-16(24)4-6-20(18)26/h3-6,10-11,14,28H,7-9,12-13H2,1-2H3. The Hall–Kier alpha value is -2.47. The van der Waals surface area contributed by atoms with E-state index in [1.807, 2.05) is 4.57 Å². The lowest BCUT2D eigenvalue weighted by Crippen LogP contribution is -2.48. The number of nitrogens with zero attached hydrogens (tertiary/aromatic N) is 2. The van der Waals surface area contributed by atoms with Gasteiger partial charge >= 0.3 is 0 Å². The Morgan fingerprint density at radius 2 is 1.64 bits per heavy atom. The molecule has 1 amide bonds. The third-order valence-electron chi connectivity index (χ3n) is 5.59. The molecule has 28 heavy (non-hydrogen) atoms. The number of β-amino-alcohol motifs (C(OH)–C–C–N with tert-alkyl or cyclic N) is 1. The number of benzene rings is 2. The SMILES string of the molecule is CC1CCN(CC(C)(O)Cn2c3ccc(F)cc3c3cc(F)ccc32)C(=O)C1. The lowest BCUT2D eigenvalue weighted by Gasteiger charge is -2.36. The number of likely N-dealkylation sites (tertiary alicyclic amines) is 1. The van der Waals surface area contributed by atoms with E-state index < -0.39 is 17.2 Å². The molecule has 148 valence electrons. The van der Waals surface area contributed by atoms with Crippen LogP contribution in [0.15, 0.2) is 36.4 Å². The maximum absolute atomic E-state index is 13.8. The number of fused-ring (bicyclic) bond motifs is 3. The minimum atomic E-state index is -1.18. The van der Waals surface area contributed by atoms with Gasteiger partial charge in [-0.25, -0.2) is 8.78 Å². The van der Waals surface area contributed by atoms with Crippen molar-refractivity contribution in [2.75, 3.05) is 13.1 Å². The van der Waals surface area contributed by atoms with Gasteiger partial charge in [-0.2, -0.15) is 0 Å². The molecule has 3 aromatic rings. The number of aromatic nitrogens is 1. The van der Waals surface area contributed by atoms with E-state index >= 15 is 0 Å². The van der Waals surface area contributed by atoms with Crippen molar-refractivity contribution < 1.29 is 18.7 Å². The molecule has 1 aromatic heterocycles. The molecular weight excluding hydrogens is 362 g/mol. The number of hydrogen-bond donors (Lipinski definition) is 1. The van der Waals surface area contributed by atoms with Crippen molar-refractivity contribution in [1.29, 1.82) is 0 Å². The molecule has 1 saturated heterocycles. The fraction of sp³-hybridized carbons (Fsp3) is 0.409. The van der Waals surface area contributed by atoms with E-state index in [1.165, 1.54) is 24.3 Å². The Balaban J connectivity index is 1.71. The highest BCUT2D eigenvalue weighted by atomic mass is 19.1. The van der Waals surface area contributed by atoms with Crippen molar-refractivity contribution in [3.63, 3.8) is 0 Å². The zero-order valence-electron chi connectivity index (χ0n) is 16.1. The van der Waals surface area contributed by atoms with Crippen molar-refractivity contribution >= 4 is 27.7 Å². The first-order chi connectivity index (χ1) is 13.2. The molecular formula is C22H24F2N2O2. The Kier molecular flexibility index (Phi) is 4.62. The molecule has 2 aromatic carbocycles. The molecule has 0 spiro atoms. The Morgan fingerprint density at radius 1 is 1.07 bits per heavy atom. The zero-order valence-corrected chi connectivity index (χ0v) is 16.1. The predicted molar refractivity (Wildman–Crippen MR) is 105 cm³/mol. The molecule has 1 N–H and O–H groups in total. The van der Waals surface area contributed by atoms with Crippen LogP contribution in [0.3, 0.4) is 0 Å². The number of amides is 1. The van der Waals surface area contributed by atoms with Crippen molar-refractivity contribution in [3.05, 3.63) is 48.0 Å². The van der Waals surface area contributed by atoms with Crippen molar-refractivity contribution in [2.45, 2.75) is 38.8 Å². The molecule has 2 heterocycles. The quantitative estimate of drug-likeness (QED) is 0.734. The number of piperidine rings is 1. The van der Waals surface area contributed by atoms with E-state index in [0.717, 1.165) is 17.5 Å². The molecule has 0 saturated carbocycles. The Labute approximate surface area is 162 Å². The van der Waals surface area contributed by atoms with Crippen LogP contribution in [0.5, 0.6) is 0 Å². The highest BCUT2D eigenvalue weighted by molar-refractivity contribution is 6.08. The summed E-state index contributed by atoms with van der Waals surface area (Å²) in [5, 5.41) is 12.3. The van der Waals surface area contributed by atoms with Gasteiger partial charge < -0.3 is 14.6 Å². The molecule has 0 aliphatic carbocycles. The second kappa shape index (κ2) is 6.85. The lowest BCUT2D eigenvalue weighted by atomic mass is 9.96. The molecule has 1 fully saturated rings. The van der Waals surface area contributed by atoms with E-state index in [0.29, 0.717) is 29.7 Å². The molecule has 1 aliphatic heterocycles. The second-order valence-corrected chi connectivity index (χ2v) is 8.32. The maximum Gasteiger partial charge on any atom is 0.222 e. The van der Waals surface area contributed by atoms with E-state index in [1.54, 1.807) is 24.0 Å². The number of carbonyl (C=O) groups is 1. The number of halogens is 2. The van der Waals surface area contributed by atoms with Gasteiger partial charge in [0.1, 0.15) is 11.6 Å². The summed E-state index contributed by atoms with van der Waals surface area (Å²) in [4.78, 5) is 14.0. The van der Waals surface area contributed by atoms with Gasteiger partial charge in [0.15, 0.2) is 0 Å². The topological polar surface area (TPSA) is 45.5 Å². The predicted octanol–water partition coefficient (Wildman–Crippen LogP) is 4.08. The van der Waals surface area contributed by atoms with Crippen LogP contribution in [0.2, 0.25) is 0 Å². The summed E-state index contributed by atoms with van der Waals surface area (Å²) < 4.78 is 29.5. The molecule has 1 aliphatic rings. The smallest absolute Gasteiger partial charge is 0.222 e. The first-order valence-electron chi connectivity index (χ1n) is 9.61. The van der Waals surface area contributed by atoms with Gasteiger partial charge in [-0.3, -0.25) is 4.79 Å². The molecule has 0 radical (unpaired) electrons. The lowest BCUT2D eigenvalue weighted by molar-refractivity contribution is -0.138. The largest absolute Gasteiger partial charge is 0.386 e. The summed E-state index contributed by atoms with van der Waals surface area (Å²) in [5.74, 6) is -0.354. The van der Waals surface area contributed by atoms with Gasteiger partial charge in [-0.05, 0) is 55.7 Å². The van der Waals surface area contributed by atoms with E-state index in [-0.39, 0.29) is 19.0 Å². The fourth-order valence-electron chi connectivity index (χ4n) is 4.22. The van der Waals surface area contributed by atoms with E-state index in [4.69, 9.17) is 0 Å². The highest BCUT2D eigenvalue weighted by Crippen LogP contribution is 2.32. The van der Waals surface area contributed by atoms with Crippen LogP contribution < -0.4 is 0 Å². The van der Waals surface area contributed by atoms with Gasteiger partial charge in [0.05, 0.1) is 18.7 Å². The van der Waals surface area contributed by atoms with Gasteiger partial charge in [-0.1, -0.05) is 6.92 Å². The minimum Gasteiger partial charge on any atom is -0.386 e. The highest BCUT2D eigenvalue weighted by Gasteiger charge is 2.31. The number of rotatable bonds is 4. The van der Waals surface area contributed by atoms with E-state index in [9.17, 15) is 18.7 Å². The monoisotopic (exact) mass is 386 g/mol. The Morgan fingerprint density at radius 3 is 2.18 bits per heavy atom. The van der Waals surface area contributed by atoms with Crippen LogP contribution in [0.4, 0.5) is 8.78 Å². The molecule has 4 rings (SSSR count). The minimum absolute atomic E-state index is 0.0605. The average Bonchev–Trinajstić information content (AvgIpc) is 2.89. The summed E-state index contributed by atoms with van der Waals surface area (Å²) >= 11 is 0. The summed E-state index contributed by atoms with van der Waals surface area (Å²) in [6.45, 7) is 4.83. The summed E-state index contributed by atoms with van der Waals surface area (Å²) in [5.41, 5.74) is 0.263. The summed E-state index contributed by atoms with van der Waals surface area (Å²) in [6.07, 6.45) is 1.43. The first kappa shape index (κ1) is 18.9. The molecule has 0 bridgehead atoms. The second-order valence-electron chi connectivity index (χ2n) is 8.32. The fourth-order valence-corrected chi connectivity index (χ4v) is 4.22. The molecule has 2 unspecified atom stereocenters. The third kappa shape index (κ3) is 3.49. The van der Waals surface area contributed by atoms with Gasteiger partial charge in [0, 0.05) is 34.8 Å². The van der Waals surface area contributed by atoms with Crippen LogP contribution in [0.1, 0.15) is 26.7 Å². The molecule has 4 nitrogen and oxygen atoms in total. The van der Waals surface area contributed by atoms with Crippen molar-refractivity contribution in [1.82, 2.24) is 9.47 Å². The third-order valence-corrected chi connectivity index (χ3v) is 5.59. The number of hydrogen-bond acceptors (Lipinski definition) is 2. The summed E-state index contributed by atoms with van der Waals surface area (Å²) in [7, 11) is 0. The van der Waals surface area contributed by atoms with Crippen LogP contribution >= 0.6 is 0 Å². The molecule has 6 heteroatoms. The first-order valence-corrected chi connectivity index (χ1v) is 9.61. The van der Waals surface area contributed by atoms with Crippen LogP contribution in [0.25, 0.3) is 21.8 Å². The molecule has 2 atom stereocenters. The maximum atomic E-state index is 13.8. The zero-order chi connectivity index (χ0) is 20.1. The van der Waals surface area contributed by atoms with E-state index in [2.05, 4.69) is 6.92 Å². The van der Waals surface area contributed by atoms with Gasteiger partial charge in [0.2, 0.25) is 5.91 Å². The Bertz CT molecular complexity index is 998. The van der Waals surface area contributed by atoms with Gasteiger partial charge in [0.25, 0.3) is 0 Å². The van der Waals surface area contributed by atoms with Crippen molar-refractivity contribution in [2.24, 2.45) is 5.92 Å². The van der Waals surface area contributed by atoms with Gasteiger partial charge in [-0.15, -0.1) is 0 Å². The number of carbonyl (C=O) groups excluding carboxylic acids is 1. The van der Waals surface area contributed by atoms with Crippen LogP contribution in [-0.4, -0.2) is 39.2 Å². The normalized spacial score (nSPS) is 20.1. The number of aliphatic hydroxyl groups is 1. The van der Waals surface area contributed by atoms with Crippen LogP contribution in [0, 0.1) is 17.6 Å².